The van der Waals surface area contributed by atoms with Crippen LogP contribution >= 0.6 is 11.6 Å². The second-order valence-electron chi connectivity index (χ2n) is 10.5. The molecular weight excluding hydrogens is 461 g/mol. The van der Waals surface area contributed by atoms with Gasteiger partial charge in [-0.05, 0) is 38.2 Å². The van der Waals surface area contributed by atoms with Crippen molar-refractivity contribution in [2.24, 2.45) is 28.6 Å². The maximum Gasteiger partial charge on any atom is 0.303 e. The van der Waals surface area contributed by atoms with E-state index in [1.54, 1.807) is 13.8 Å². The van der Waals surface area contributed by atoms with E-state index in [1.165, 1.54) is 6.92 Å². The maximum atomic E-state index is 17.1. The minimum atomic E-state index is -2.50. The van der Waals surface area contributed by atoms with E-state index in [0.29, 0.717) is 0 Å². The van der Waals surface area contributed by atoms with Crippen LogP contribution in [0.3, 0.4) is 0 Å². The van der Waals surface area contributed by atoms with Gasteiger partial charge in [0, 0.05) is 35.2 Å². The van der Waals surface area contributed by atoms with Gasteiger partial charge >= 0.3 is 5.97 Å². The van der Waals surface area contributed by atoms with Crippen LogP contribution in [0.15, 0.2) is 23.6 Å². The molecule has 1 N–H and O–H groups in total. The molecule has 0 aromatic rings. The van der Waals surface area contributed by atoms with Crippen LogP contribution in [-0.2, 0) is 19.1 Å². The van der Waals surface area contributed by atoms with Gasteiger partial charge in [-0.3, -0.25) is 14.4 Å². The molecule has 0 bridgehead atoms. The maximum absolute atomic E-state index is 17.1. The molecule has 0 amide bonds. The summed E-state index contributed by atoms with van der Waals surface area (Å²) in [5, 5.41) is 11.3. The zero-order valence-electron chi connectivity index (χ0n) is 19.0. The first-order chi connectivity index (χ1) is 15.2. The lowest BCUT2D eigenvalue weighted by Gasteiger charge is -2.63. The normalized spacial score (nSPS) is 48.8. The van der Waals surface area contributed by atoms with Crippen molar-refractivity contribution < 1.29 is 37.4 Å². The molecule has 9 heteroatoms. The van der Waals surface area contributed by atoms with Crippen molar-refractivity contribution in [1.82, 2.24) is 0 Å². The molecule has 5 nitrogen and oxygen atoms in total. The Balaban J connectivity index is 1.91. The van der Waals surface area contributed by atoms with Gasteiger partial charge < -0.3 is 9.84 Å². The number of halogens is 4. The molecule has 0 aromatic carbocycles. The summed E-state index contributed by atoms with van der Waals surface area (Å²) in [6.45, 7) is 5.81. The molecule has 3 unspecified atom stereocenters. The van der Waals surface area contributed by atoms with E-state index in [-0.39, 0.29) is 12.8 Å². The highest BCUT2D eigenvalue weighted by molar-refractivity contribution is 6.29. The van der Waals surface area contributed by atoms with Gasteiger partial charge in [-0.2, -0.15) is 0 Å². The van der Waals surface area contributed by atoms with Crippen LogP contribution in [0.1, 0.15) is 47.0 Å². The molecule has 0 aromatic heterocycles. The van der Waals surface area contributed by atoms with Crippen molar-refractivity contribution in [3.8, 4) is 0 Å². The third-order valence-corrected chi connectivity index (χ3v) is 9.33. The SMILES string of the molecule is CC(=O)O[C@]1(C(=O)CCl)C(C)C[C@H]2[C@@H]3CC(F)C4=C(F)C(=O)C=C[C@]4(C)[C@@]3(F)C(O)C[C@@]21C. The third kappa shape index (κ3) is 2.74. The summed E-state index contributed by atoms with van der Waals surface area (Å²) in [5.74, 6) is -6.43. The summed E-state index contributed by atoms with van der Waals surface area (Å²) >= 11 is 5.90. The molecule has 4 aliphatic carbocycles. The fourth-order valence-electron chi connectivity index (χ4n) is 7.81. The van der Waals surface area contributed by atoms with E-state index in [2.05, 4.69) is 0 Å². The monoisotopic (exact) mass is 488 g/mol. The van der Waals surface area contributed by atoms with Crippen LogP contribution in [0.25, 0.3) is 0 Å². The molecule has 3 fully saturated rings. The summed E-state index contributed by atoms with van der Waals surface area (Å²) in [4.78, 5) is 37.1. The lowest BCUT2D eigenvalue weighted by atomic mass is 9.44. The van der Waals surface area contributed by atoms with Gasteiger partial charge in [0.25, 0.3) is 0 Å². The van der Waals surface area contributed by atoms with Gasteiger partial charge in [-0.15, -0.1) is 11.6 Å². The molecule has 4 rings (SSSR count). The highest BCUT2D eigenvalue weighted by atomic mass is 35.5. The van der Waals surface area contributed by atoms with Crippen LogP contribution in [0.4, 0.5) is 13.2 Å². The molecular formula is C24H28ClF3O5. The van der Waals surface area contributed by atoms with E-state index in [4.69, 9.17) is 16.3 Å². The second kappa shape index (κ2) is 7.41. The highest BCUT2D eigenvalue weighted by Crippen LogP contribution is 2.72. The van der Waals surface area contributed by atoms with Gasteiger partial charge in [0.1, 0.15) is 6.17 Å². The second-order valence-corrected chi connectivity index (χ2v) is 10.7. The summed E-state index contributed by atoms with van der Waals surface area (Å²) in [6.07, 6.45) is -2.19. The molecule has 9 atom stereocenters. The minimum Gasteiger partial charge on any atom is -0.450 e. The van der Waals surface area contributed by atoms with Gasteiger partial charge in [0.2, 0.25) is 5.78 Å². The van der Waals surface area contributed by atoms with Crippen molar-refractivity contribution >= 4 is 29.1 Å². The number of Topliss-reactive ketones (excluding diaryl/α,β-unsaturated/α-hetero) is 1. The molecule has 0 spiro atoms. The molecule has 4 aliphatic rings. The van der Waals surface area contributed by atoms with Crippen molar-refractivity contribution in [3.63, 3.8) is 0 Å². The number of carbonyl (C=O) groups is 3. The number of hydrogen-bond donors (Lipinski definition) is 1. The summed E-state index contributed by atoms with van der Waals surface area (Å²) < 4.78 is 53.0. The number of rotatable bonds is 3. The zero-order valence-corrected chi connectivity index (χ0v) is 19.7. The van der Waals surface area contributed by atoms with Gasteiger partial charge in [0.15, 0.2) is 22.9 Å². The molecule has 0 saturated heterocycles. The van der Waals surface area contributed by atoms with Gasteiger partial charge in [-0.1, -0.05) is 19.9 Å². The van der Waals surface area contributed by atoms with Crippen molar-refractivity contribution in [2.45, 2.75) is 70.5 Å². The largest absolute Gasteiger partial charge is 0.450 e. The van der Waals surface area contributed by atoms with Crippen molar-refractivity contribution in [1.29, 1.82) is 0 Å². The number of carbonyl (C=O) groups excluding carboxylic acids is 3. The number of ketones is 2. The Morgan fingerprint density at radius 3 is 2.48 bits per heavy atom. The first kappa shape index (κ1) is 24.5. The molecule has 182 valence electrons. The number of esters is 1. The fraction of sp³-hybridized carbons (Fsp3) is 0.708. The van der Waals surface area contributed by atoms with E-state index < -0.39 is 93.4 Å². The summed E-state index contributed by atoms with van der Waals surface area (Å²) in [5.41, 5.74) is -7.90. The number of aliphatic hydroxyl groups is 1. The van der Waals surface area contributed by atoms with Crippen LogP contribution in [0, 0.1) is 28.6 Å². The predicted molar refractivity (Wildman–Crippen MR) is 113 cm³/mol. The molecule has 33 heavy (non-hydrogen) atoms. The number of ether oxygens (including phenoxy) is 1. The lowest BCUT2D eigenvalue weighted by Crippen LogP contribution is -2.71. The van der Waals surface area contributed by atoms with Crippen LogP contribution in [0.5, 0.6) is 0 Å². The standard InChI is InChI=1S/C24H28ClF3O5/c1-11-7-13-14-8-15(26)19-20(27)16(30)5-6-21(19,3)23(14,28)17(31)9-22(13,4)24(11,18(32)10-25)33-12(2)29/h5-6,11,13-15,17,31H,7-10H2,1-4H3/t11?,13-,14-,15?,17?,21-,22-,23-,24-/m0/s1. The number of alkyl halides is 3. The topological polar surface area (TPSA) is 80.7 Å². The smallest absolute Gasteiger partial charge is 0.303 e. The average molecular weight is 489 g/mol. The molecule has 0 aliphatic heterocycles. The van der Waals surface area contributed by atoms with Crippen molar-refractivity contribution in [2.75, 3.05) is 5.88 Å². The molecule has 0 radical (unpaired) electrons. The Morgan fingerprint density at radius 1 is 1.27 bits per heavy atom. The Hall–Kier alpha value is -1.67. The van der Waals surface area contributed by atoms with Crippen LogP contribution < -0.4 is 0 Å². The van der Waals surface area contributed by atoms with Gasteiger partial charge in [0.05, 0.1) is 12.0 Å². The van der Waals surface area contributed by atoms with Crippen molar-refractivity contribution in [3.05, 3.63) is 23.6 Å². The summed E-state index contributed by atoms with van der Waals surface area (Å²) in [7, 11) is 0. The Morgan fingerprint density at radius 2 is 1.91 bits per heavy atom. The zero-order chi connectivity index (χ0) is 24.7. The first-order valence-corrected chi connectivity index (χ1v) is 11.7. The highest BCUT2D eigenvalue weighted by Gasteiger charge is 2.78. The number of aliphatic hydroxyl groups excluding tert-OH is 1. The minimum absolute atomic E-state index is 0.225. The number of allylic oxidation sites excluding steroid dienone is 4. The van der Waals surface area contributed by atoms with E-state index >= 15 is 8.78 Å². The van der Waals surface area contributed by atoms with E-state index in [9.17, 15) is 23.9 Å². The van der Waals surface area contributed by atoms with Crippen LogP contribution in [-0.4, -0.2) is 52.1 Å². The molecule has 0 heterocycles. The summed E-state index contributed by atoms with van der Waals surface area (Å²) in [6, 6.07) is 0. The predicted octanol–water partition coefficient (Wildman–Crippen LogP) is 3.96. The Bertz CT molecular complexity index is 997. The quantitative estimate of drug-likeness (QED) is 0.480. The van der Waals surface area contributed by atoms with Gasteiger partial charge in [-0.25, -0.2) is 13.2 Å². The lowest BCUT2D eigenvalue weighted by molar-refractivity contribution is -0.230. The fourth-order valence-corrected chi connectivity index (χ4v) is 8.01. The third-order valence-electron chi connectivity index (χ3n) is 9.09. The molecule has 3 saturated carbocycles. The Labute approximate surface area is 195 Å². The van der Waals surface area contributed by atoms with E-state index in [0.717, 1.165) is 19.1 Å². The first-order valence-electron chi connectivity index (χ1n) is 11.2. The number of fused-ring (bicyclic) bond motifs is 5. The number of hydrogen-bond acceptors (Lipinski definition) is 5. The Kier molecular flexibility index (Phi) is 5.49. The van der Waals surface area contributed by atoms with E-state index in [1.807, 2.05) is 0 Å². The average Bonchev–Trinajstić information content (AvgIpc) is 2.94. The van der Waals surface area contributed by atoms with Crippen LogP contribution in [0.2, 0.25) is 0 Å².